The minimum absolute atomic E-state index is 0.759. The lowest BCUT2D eigenvalue weighted by atomic mass is 10.2. The summed E-state index contributed by atoms with van der Waals surface area (Å²) in [5.41, 5.74) is 2.43. The number of likely N-dealkylation sites (N-methyl/N-ethyl adjacent to an activating group) is 1. The smallest absolute Gasteiger partial charge is 0.164 e. The molecule has 0 amide bonds. The SMILES string of the molecule is C[NH+](C)CCNc1nc(-c2cccnc2)nc2sc3c(c12)CCC3. The largest absolute Gasteiger partial charge is 0.364 e. The molecule has 0 aliphatic heterocycles. The monoisotopic (exact) mass is 340 g/mol. The van der Waals surface area contributed by atoms with E-state index >= 15 is 0 Å². The van der Waals surface area contributed by atoms with Crippen molar-refractivity contribution in [3.05, 3.63) is 35.0 Å². The van der Waals surface area contributed by atoms with E-state index in [9.17, 15) is 0 Å². The molecule has 0 saturated carbocycles. The lowest BCUT2D eigenvalue weighted by Crippen LogP contribution is -3.06. The third-order valence-corrected chi connectivity index (χ3v) is 5.59. The molecule has 3 aromatic heterocycles. The first kappa shape index (κ1) is 15.5. The summed E-state index contributed by atoms with van der Waals surface area (Å²) in [6.07, 6.45) is 7.19. The predicted octanol–water partition coefficient (Wildman–Crippen LogP) is 1.80. The second kappa shape index (κ2) is 6.45. The zero-order valence-corrected chi connectivity index (χ0v) is 14.9. The fourth-order valence-electron chi connectivity index (χ4n) is 3.18. The fourth-order valence-corrected chi connectivity index (χ4v) is 4.44. The lowest BCUT2D eigenvalue weighted by molar-refractivity contribution is -0.856. The molecular formula is C18H22N5S+. The zero-order valence-electron chi connectivity index (χ0n) is 14.1. The molecule has 0 aromatic carbocycles. The van der Waals surface area contributed by atoms with Crippen LogP contribution in [0.4, 0.5) is 5.82 Å². The minimum atomic E-state index is 0.759. The first-order chi connectivity index (χ1) is 11.7. The van der Waals surface area contributed by atoms with Gasteiger partial charge in [0.25, 0.3) is 0 Å². The molecule has 5 nitrogen and oxygen atoms in total. The van der Waals surface area contributed by atoms with Crippen molar-refractivity contribution < 1.29 is 4.90 Å². The Hall–Kier alpha value is -2.05. The van der Waals surface area contributed by atoms with E-state index in [-0.39, 0.29) is 0 Å². The van der Waals surface area contributed by atoms with E-state index in [0.717, 1.165) is 41.5 Å². The van der Waals surface area contributed by atoms with E-state index in [0.29, 0.717) is 0 Å². The van der Waals surface area contributed by atoms with Gasteiger partial charge in [0, 0.05) is 22.8 Å². The quantitative estimate of drug-likeness (QED) is 0.744. The first-order valence-electron chi connectivity index (χ1n) is 8.48. The van der Waals surface area contributed by atoms with E-state index in [1.165, 1.54) is 33.6 Å². The average molecular weight is 340 g/mol. The maximum Gasteiger partial charge on any atom is 0.164 e. The molecule has 0 unspecified atom stereocenters. The molecule has 0 atom stereocenters. The van der Waals surface area contributed by atoms with Crippen molar-refractivity contribution in [2.24, 2.45) is 0 Å². The van der Waals surface area contributed by atoms with Gasteiger partial charge >= 0.3 is 0 Å². The standard InChI is InChI=1S/C18H21N5S/c1-23(2)10-9-20-17-15-13-6-3-7-14(13)24-18(15)22-16(21-17)12-5-4-8-19-11-12/h4-5,8,11H,3,6-7,9-10H2,1-2H3,(H,20,21,22)/p+1. The van der Waals surface area contributed by atoms with Crippen LogP contribution in [0.5, 0.6) is 0 Å². The van der Waals surface area contributed by atoms with Crippen LogP contribution in [0.25, 0.3) is 21.6 Å². The number of hydrogen-bond acceptors (Lipinski definition) is 5. The molecule has 0 spiro atoms. The molecule has 0 bridgehead atoms. The van der Waals surface area contributed by atoms with Gasteiger partial charge in [0.2, 0.25) is 0 Å². The van der Waals surface area contributed by atoms with Crippen molar-refractivity contribution in [3.8, 4) is 11.4 Å². The minimum Gasteiger partial charge on any atom is -0.364 e. The van der Waals surface area contributed by atoms with Crippen LogP contribution >= 0.6 is 11.3 Å². The number of nitrogens with one attached hydrogen (secondary N) is 2. The predicted molar refractivity (Wildman–Crippen MR) is 98.8 cm³/mol. The molecule has 6 heteroatoms. The highest BCUT2D eigenvalue weighted by atomic mass is 32.1. The lowest BCUT2D eigenvalue weighted by Gasteiger charge is -2.11. The number of hydrogen-bond donors (Lipinski definition) is 2. The third-order valence-electron chi connectivity index (χ3n) is 4.40. The summed E-state index contributed by atoms with van der Waals surface area (Å²) in [7, 11) is 4.33. The number of pyridine rings is 1. The summed E-state index contributed by atoms with van der Waals surface area (Å²) in [5, 5.41) is 4.80. The van der Waals surface area contributed by atoms with Gasteiger partial charge in [0.05, 0.1) is 32.6 Å². The van der Waals surface area contributed by atoms with Gasteiger partial charge in [0.15, 0.2) is 5.82 Å². The summed E-state index contributed by atoms with van der Waals surface area (Å²) >= 11 is 1.83. The third kappa shape index (κ3) is 2.87. The highest BCUT2D eigenvalue weighted by molar-refractivity contribution is 7.19. The Balaban J connectivity index is 1.79. The number of thiophene rings is 1. The molecule has 3 heterocycles. The van der Waals surface area contributed by atoms with E-state index in [2.05, 4.69) is 24.4 Å². The number of quaternary nitrogens is 1. The number of rotatable bonds is 5. The van der Waals surface area contributed by atoms with Crippen LogP contribution in [0, 0.1) is 0 Å². The Morgan fingerprint density at radius 3 is 2.96 bits per heavy atom. The van der Waals surface area contributed by atoms with Crippen LogP contribution in [0.3, 0.4) is 0 Å². The summed E-state index contributed by atoms with van der Waals surface area (Å²) in [6, 6.07) is 3.95. The van der Waals surface area contributed by atoms with Gasteiger partial charge in [-0.2, -0.15) is 0 Å². The van der Waals surface area contributed by atoms with Crippen LogP contribution in [0.2, 0.25) is 0 Å². The maximum absolute atomic E-state index is 4.85. The first-order valence-corrected chi connectivity index (χ1v) is 9.29. The average Bonchev–Trinajstić information content (AvgIpc) is 3.15. The number of aromatic nitrogens is 3. The summed E-state index contributed by atoms with van der Waals surface area (Å²) < 4.78 is 0. The van der Waals surface area contributed by atoms with Crippen molar-refractivity contribution >= 4 is 27.4 Å². The van der Waals surface area contributed by atoms with Crippen LogP contribution in [0.15, 0.2) is 24.5 Å². The molecule has 3 aromatic rings. The normalized spacial score (nSPS) is 13.6. The highest BCUT2D eigenvalue weighted by Crippen LogP contribution is 2.40. The van der Waals surface area contributed by atoms with Crippen molar-refractivity contribution in [2.45, 2.75) is 19.3 Å². The Morgan fingerprint density at radius 2 is 2.17 bits per heavy atom. The van der Waals surface area contributed by atoms with Gasteiger partial charge in [-0.3, -0.25) is 4.98 Å². The van der Waals surface area contributed by atoms with Crippen LogP contribution in [0.1, 0.15) is 16.9 Å². The molecule has 0 radical (unpaired) electrons. The number of anilines is 1. The van der Waals surface area contributed by atoms with Crippen LogP contribution in [-0.4, -0.2) is 42.1 Å². The number of fused-ring (bicyclic) bond motifs is 3. The molecule has 24 heavy (non-hydrogen) atoms. The van der Waals surface area contributed by atoms with Crippen LogP contribution < -0.4 is 10.2 Å². The Morgan fingerprint density at radius 1 is 1.25 bits per heavy atom. The van der Waals surface area contributed by atoms with E-state index in [1.807, 2.05) is 29.7 Å². The molecule has 1 aliphatic carbocycles. The maximum atomic E-state index is 4.85. The molecule has 1 aliphatic rings. The molecular weight excluding hydrogens is 318 g/mol. The Labute approximate surface area is 145 Å². The van der Waals surface area contributed by atoms with Crippen LogP contribution in [-0.2, 0) is 12.8 Å². The molecule has 2 N–H and O–H groups in total. The summed E-state index contributed by atoms with van der Waals surface area (Å²) in [4.78, 5) is 17.9. The number of nitrogens with zero attached hydrogens (tertiary/aromatic N) is 3. The van der Waals surface area contributed by atoms with Gasteiger partial charge < -0.3 is 10.2 Å². The molecule has 4 rings (SSSR count). The Kier molecular flexibility index (Phi) is 4.16. The van der Waals surface area contributed by atoms with E-state index < -0.39 is 0 Å². The van der Waals surface area contributed by atoms with E-state index in [4.69, 9.17) is 9.97 Å². The molecule has 0 fully saturated rings. The second-order valence-corrected chi connectivity index (χ2v) is 7.64. The zero-order chi connectivity index (χ0) is 16.5. The van der Waals surface area contributed by atoms with Gasteiger partial charge in [-0.15, -0.1) is 11.3 Å². The van der Waals surface area contributed by atoms with Crippen molar-refractivity contribution in [1.82, 2.24) is 15.0 Å². The Bertz CT molecular complexity index is 857. The number of aryl methyl sites for hydroxylation is 2. The van der Waals surface area contributed by atoms with Crippen molar-refractivity contribution in [3.63, 3.8) is 0 Å². The van der Waals surface area contributed by atoms with Gasteiger partial charge in [0.1, 0.15) is 10.6 Å². The van der Waals surface area contributed by atoms with Gasteiger partial charge in [-0.05, 0) is 37.0 Å². The highest BCUT2D eigenvalue weighted by Gasteiger charge is 2.22. The van der Waals surface area contributed by atoms with Crippen molar-refractivity contribution in [2.75, 3.05) is 32.5 Å². The molecule has 0 saturated heterocycles. The fraction of sp³-hybridized carbons (Fsp3) is 0.389. The molecule has 124 valence electrons. The topological polar surface area (TPSA) is 55.1 Å². The van der Waals surface area contributed by atoms with Gasteiger partial charge in [-0.25, -0.2) is 9.97 Å². The van der Waals surface area contributed by atoms with Gasteiger partial charge in [-0.1, -0.05) is 0 Å². The van der Waals surface area contributed by atoms with Crippen molar-refractivity contribution in [1.29, 1.82) is 0 Å². The summed E-state index contributed by atoms with van der Waals surface area (Å²) in [5.74, 6) is 1.75. The van der Waals surface area contributed by atoms with E-state index in [1.54, 1.807) is 6.20 Å². The summed E-state index contributed by atoms with van der Waals surface area (Å²) in [6.45, 7) is 1.96. The second-order valence-electron chi connectivity index (χ2n) is 6.56.